The average molecular weight is 284 g/mol. The van der Waals surface area contributed by atoms with Crippen molar-refractivity contribution < 1.29 is 4.79 Å². The van der Waals surface area contributed by atoms with Crippen LogP contribution in [0, 0.1) is 11.3 Å². The van der Waals surface area contributed by atoms with Gasteiger partial charge in [-0.25, -0.2) is 9.97 Å². The zero-order valence-corrected chi connectivity index (χ0v) is 11.6. The molecule has 0 aliphatic carbocycles. The van der Waals surface area contributed by atoms with Gasteiger partial charge in [-0.05, 0) is 31.2 Å². The quantitative estimate of drug-likeness (QED) is 0.872. The largest absolute Gasteiger partial charge is 0.294 e. The van der Waals surface area contributed by atoms with Crippen molar-refractivity contribution in [3.05, 3.63) is 48.3 Å². The van der Waals surface area contributed by atoms with E-state index in [0.717, 1.165) is 4.90 Å². The van der Waals surface area contributed by atoms with Gasteiger partial charge in [0.15, 0.2) is 0 Å². The second-order valence-electron chi connectivity index (χ2n) is 3.96. The van der Waals surface area contributed by atoms with Crippen molar-refractivity contribution in [2.24, 2.45) is 0 Å². The van der Waals surface area contributed by atoms with Crippen LogP contribution in [0.15, 0.2) is 47.6 Å². The molecule has 2 rings (SSSR count). The summed E-state index contributed by atoms with van der Waals surface area (Å²) >= 11 is 1.38. The predicted molar refractivity (Wildman–Crippen MR) is 77.1 cm³/mol. The molecule has 0 saturated heterocycles. The Hall–Kier alpha value is -2.39. The zero-order valence-electron chi connectivity index (χ0n) is 10.8. The summed E-state index contributed by atoms with van der Waals surface area (Å²) in [6, 6.07) is 10.9. The number of nitrogens with zero attached hydrogens (tertiary/aromatic N) is 3. The first-order valence-electron chi connectivity index (χ1n) is 5.94. The van der Waals surface area contributed by atoms with Crippen LogP contribution in [0.2, 0.25) is 0 Å². The molecule has 1 amide bonds. The molecule has 0 radical (unpaired) electrons. The summed E-state index contributed by atoms with van der Waals surface area (Å²) in [7, 11) is 0. The van der Waals surface area contributed by atoms with Crippen molar-refractivity contribution in [2.45, 2.75) is 17.1 Å². The highest BCUT2D eigenvalue weighted by Crippen LogP contribution is 2.24. The summed E-state index contributed by atoms with van der Waals surface area (Å²) in [5.74, 6) is 0.110. The Morgan fingerprint density at radius 2 is 2.10 bits per heavy atom. The first-order chi connectivity index (χ1) is 9.69. The summed E-state index contributed by atoms with van der Waals surface area (Å²) in [6.45, 7) is 1.79. The molecule has 100 valence electrons. The average Bonchev–Trinajstić information content (AvgIpc) is 2.48. The molecule has 5 nitrogen and oxygen atoms in total. The van der Waals surface area contributed by atoms with Gasteiger partial charge >= 0.3 is 0 Å². The lowest BCUT2D eigenvalue weighted by Gasteiger charge is -2.10. The zero-order chi connectivity index (χ0) is 14.4. The number of rotatable bonds is 4. The normalized spacial score (nSPS) is 11.4. The van der Waals surface area contributed by atoms with Crippen LogP contribution in [0.5, 0.6) is 0 Å². The lowest BCUT2D eigenvalue weighted by atomic mass is 10.2. The van der Waals surface area contributed by atoms with Crippen LogP contribution in [-0.4, -0.2) is 21.1 Å². The van der Waals surface area contributed by atoms with Gasteiger partial charge in [-0.2, -0.15) is 5.26 Å². The van der Waals surface area contributed by atoms with E-state index < -0.39 is 0 Å². The summed E-state index contributed by atoms with van der Waals surface area (Å²) < 4.78 is 0. The third kappa shape index (κ3) is 3.80. The Morgan fingerprint density at radius 1 is 1.35 bits per heavy atom. The van der Waals surface area contributed by atoms with Crippen molar-refractivity contribution in [1.29, 1.82) is 5.26 Å². The van der Waals surface area contributed by atoms with Gasteiger partial charge in [-0.15, -0.1) is 11.8 Å². The van der Waals surface area contributed by atoms with Crippen LogP contribution in [0.3, 0.4) is 0 Å². The highest BCUT2D eigenvalue weighted by molar-refractivity contribution is 8.00. The Labute approximate surface area is 121 Å². The number of nitriles is 1. The third-order valence-electron chi connectivity index (χ3n) is 2.45. The molecule has 0 unspecified atom stereocenters. The fourth-order valence-corrected chi connectivity index (χ4v) is 2.40. The van der Waals surface area contributed by atoms with E-state index in [1.165, 1.54) is 11.8 Å². The molecule has 20 heavy (non-hydrogen) atoms. The van der Waals surface area contributed by atoms with Crippen LogP contribution in [-0.2, 0) is 4.79 Å². The van der Waals surface area contributed by atoms with E-state index in [1.807, 2.05) is 6.07 Å². The van der Waals surface area contributed by atoms with Gasteiger partial charge in [0.1, 0.15) is 0 Å². The second-order valence-corrected chi connectivity index (χ2v) is 5.38. The number of carbonyl (C=O) groups is 1. The molecule has 0 aliphatic heterocycles. The van der Waals surface area contributed by atoms with E-state index in [4.69, 9.17) is 5.26 Å². The molecule has 1 aromatic heterocycles. The van der Waals surface area contributed by atoms with Gasteiger partial charge in [0.25, 0.3) is 0 Å². The molecule has 0 fully saturated rings. The molecule has 2 aromatic rings. The highest BCUT2D eigenvalue weighted by Gasteiger charge is 2.15. The van der Waals surface area contributed by atoms with Crippen molar-refractivity contribution >= 4 is 23.6 Å². The number of benzene rings is 1. The van der Waals surface area contributed by atoms with Gasteiger partial charge in [0.05, 0.1) is 16.9 Å². The predicted octanol–water partition coefficient (Wildman–Crippen LogP) is 2.47. The molecule has 1 heterocycles. The summed E-state index contributed by atoms with van der Waals surface area (Å²) in [5.41, 5.74) is 0.578. The van der Waals surface area contributed by atoms with Crippen molar-refractivity contribution in [2.75, 3.05) is 5.32 Å². The molecule has 1 aromatic carbocycles. The molecule has 1 atom stereocenters. The van der Waals surface area contributed by atoms with Gasteiger partial charge in [-0.1, -0.05) is 6.07 Å². The number of thioether (sulfide) groups is 1. The molecule has 1 N–H and O–H groups in total. The van der Waals surface area contributed by atoms with E-state index in [-0.39, 0.29) is 17.1 Å². The number of hydrogen-bond acceptors (Lipinski definition) is 5. The SMILES string of the molecule is C[C@@H](Sc1cccc(C#N)c1)C(=O)Nc1ncccn1. The van der Waals surface area contributed by atoms with Gasteiger partial charge in [0, 0.05) is 17.3 Å². The lowest BCUT2D eigenvalue weighted by molar-refractivity contribution is -0.115. The smallest absolute Gasteiger partial charge is 0.239 e. The molecular formula is C14H12N4OS. The van der Waals surface area contributed by atoms with E-state index in [0.29, 0.717) is 5.56 Å². The van der Waals surface area contributed by atoms with Crippen LogP contribution in [0.1, 0.15) is 12.5 Å². The molecular weight excluding hydrogens is 272 g/mol. The van der Waals surface area contributed by atoms with Gasteiger partial charge in [0.2, 0.25) is 11.9 Å². The Morgan fingerprint density at radius 3 is 2.80 bits per heavy atom. The minimum absolute atomic E-state index is 0.177. The standard InChI is InChI=1S/C14H12N4OS/c1-10(13(19)18-14-16-6-3-7-17-14)20-12-5-2-4-11(8-12)9-15/h2-8,10H,1H3,(H,16,17,18,19)/t10-/m1/s1. The van der Waals surface area contributed by atoms with Crippen molar-refractivity contribution in [3.63, 3.8) is 0 Å². The Bertz CT molecular complexity index is 639. The number of amides is 1. The molecule has 6 heteroatoms. The van der Waals surface area contributed by atoms with Gasteiger partial charge in [-0.3, -0.25) is 10.1 Å². The fourth-order valence-electron chi connectivity index (χ4n) is 1.47. The molecule has 0 saturated carbocycles. The van der Waals surface area contributed by atoms with Crippen LogP contribution >= 0.6 is 11.8 Å². The number of anilines is 1. The van der Waals surface area contributed by atoms with E-state index in [9.17, 15) is 4.79 Å². The molecule has 0 bridgehead atoms. The Balaban J connectivity index is 1.99. The van der Waals surface area contributed by atoms with Crippen molar-refractivity contribution in [3.8, 4) is 6.07 Å². The third-order valence-corrected chi connectivity index (χ3v) is 3.54. The van der Waals surface area contributed by atoms with Gasteiger partial charge < -0.3 is 0 Å². The monoisotopic (exact) mass is 284 g/mol. The maximum Gasteiger partial charge on any atom is 0.239 e. The summed E-state index contributed by atoms with van der Waals surface area (Å²) in [4.78, 5) is 20.8. The molecule has 0 aliphatic rings. The fraction of sp³-hybridized carbons (Fsp3) is 0.143. The maximum absolute atomic E-state index is 12.0. The summed E-state index contributed by atoms with van der Waals surface area (Å²) in [6.07, 6.45) is 3.13. The highest BCUT2D eigenvalue weighted by atomic mass is 32.2. The lowest BCUT2D eigenvalue weighted by Crippen LogP contribution is -2.23. The van der Waals surface area contributed by atoms with E-state index in [1.54, 1.807) is 43.6 Å². The minimum Gasteiger partial charge on any atom is -0.294 e. The number of carbonyl (C=O) groups excluding carboxylic acids is 1. The maximum atomic E-state index is 12.0. The van der Waals surface area contributed by atoms with E-state index in [2.05, 4.69) is 21.4 Å². The minimum atomic E-state index is -0.312. The van der Waals surface area contributed by atoms with Crippen LogP contribution < -0.4 is 5.32 Å². The number of nitrogens with one attached hydrogen (secondary N) is 1. The first-order valence-corrected chi connectivity index (χ1v) is 6.81. The first kappa shape index (κ1) is 14.0. The molecule has 0 spiro atoms. The van der Waals surface area contributed by atoms with Crippen LogP contribution in [0.25, 0.3) is 0 Å². The van der Waals surface area contributed by atoms with Crippen LogP contribution in [0.4, 0.5) is 5.95 Å². The van der Waals surface area contributed by atoms with Crippen molar-refractivity contribution in [1.82, 2.24) is 9.97 Å². The number of hydrogen-bond donors (Lipinski definition) is 1. The number of aromatic nitrogens is 2. The topological polar surface area (TPSA) is 78.7 Å². The summed E-state index contributed by atoms with van der Waals surface area (Å²) in [5, 5.41) is 11.2. The van der Waals surface area contributed by atoms with E-state index >= 15 is 0 Å². The second kappa shape index (κ2) is 6.68. The Kier molecular flexibility index (Phi) is 4.69.